The van der Waals surface area contributed by atoms with E-state index >= 15 is 0 Å². The monoisotopic (exact) mass is 287 g/mol. The number of nitrogens with two attached hydrogens (primary N) is 2. The van der Waals surface area contributed by atoms with Crippen LogP contribution in [-0.2, 0) is 0 Å². The summed E-state index contributed by atoms with van der Waals surface area (Å²) in [5.41, 5.74) is 6.23. The maximum Gasteiger partial charge on any atom is 0.241 e. The average Bonchev–Trinajstić information content (AvgIpc) is 2.52. The summed E-state index contributed by atoms with van der Waals surface area (Å²) in [5.74, 6) is 6.27. The zero-order chi connectivity index (χ0) is 11.0. The lowest BCUT2D eigenvalue weighted by atomic mass is 10.2. The first-order valence-corrected chi connectivity index (χ1v) is 5.18. The van der Waals surface area contributed by atoms with E-state index in [-0.39, 0.29) is 5.95 Å². The molecule has 7 heteroatoms. The van der Waals surface area contributed by atoms with Crippen LogP contribution < -0.4 is 11.6 Å². The third-order valence-corrected chi connectivity index (χ3v) is 2.82. The lowest BCUT2D eigenvalue weighted by molar-refractivity contribution is 1.02. The van der Waals surface area contributed by atoms with Gasteiger partial charge in [0.2, 0.25) is 5.95 Å². The second-order valence-electron chi connectivity index (χ2n) is 2.88. The second-order valence-corrected chi connectivity index (χ2v) is 4.17. The highest BCUT2D eigenvalue weighted by Crippen LogP contribution is 2.29. The van der Waals surface area contributed by atoms with E-state index in [1.165, 1.54) is 4.68 Å². The van der Waals surface area contributed by atoms with E-state index in [1.807, 2.05) is 6.07 Å². The Morgan fingerprint density at radius 2 is 2.07 bits per heavy atom. The molecule has 0 bridgehead atoms. The molecular formula is C8H7BrClN5. The molecular weight excluding hydrogens is 281 g/mol. The number of aromatic nitrogens is 3. The number of hydrogen-bond donors (Lipinski definition) is 2. The summed E-state index contributed by atoms with van der Waals surface area (Å²) in [5, 5.41) is 8.12. The van der Waals surface area contributed by atoms with Crippen LogP contribution >= 0.6 is 27.5 Å². The van der Waals surface area contributed by atoms with E-state index in [2.05, 4.69) is 26.1 Å². The summed E-state index contributed by atoms with van der Waals surface area (Å²) >= 11 is 9.25. The maximum absolute atomic E-state index is 5.88. The number of hydrogen-bond acceptors (Lipinski definition) is 4. The Labute approximate surface area is 99.1 Å². The fourth-order valence-electron chi connectivity index (χ4n) is 1.16. The Hall–Kier alpha value is -1.27. The average molecular weight is 289 g/mol. The van der Waals surface area contributed by atoms with Crippen LogP contribution in [0.4, 0.5) is 5.95 Å². The Kier molecular flexibility index (Phi) is 2.54. The topological polar surface area (TPSA) is 82.8 Å². The van der Waals surface area contributed by atoms with Crippen LogP contribution in [0.25, 0.3) is 11.4 Å². The zero-order valence-corrected chi connectivity index (χ0v) is 9.83. The van der Waals surface area contributed by atoms with Crippen LogP contribution in [0.1, 0.15) is 0 Å². The van der Waals surface area contributed by atoms with Crippen molar-refractivity contribution >= 4 is 33.5 Å². The van der Waals surface area contributed by atoms with Crippen LogP contribution in [0.15, 0.2) is 22.7 Å². The largest absolute Gasteiger partial charge is 0.366 e. The highest BCUT2D eigenvalue weighted by molar-refractivity contribution is 9.10. The third-order valence-electron chi connectivity index (χ3n) is 1.89. The molecule has 2 aromatic rings. The predicted molar refractivity (Wildman–Crippen MR) is 62.7 cm³/mol. The standard InChI is InChI=1S/C8H7BrClN5/c9-6-2-1-4(10)3-5(6)7-13-14-8(11)15(7)12/h1-3H,12H2,(H2,11,14). The minimum Gasteiger partial charge on any atom is -0.366 e. The number of halogens is 2. The van der Waals surface area contributed by atoms with Gasteiger partial charge in [-0.1, -0.05) is 27.5 Å². The minimum absolute atomic E-state index is 0.150. The van der Waals surface area contributed by atoms with Gasteiger partial charge >= 0.3 is 0 Å². The first kappa shape index (κ1) is 10.3. The van der Waals surface area contributed by atoms with E-state index in [0.717, 1.165) is 10.0 Å². The molecule has 0 aliphatic rings. The molecule has 0 saturated heterocycles. The van der Waals surface area contributed by atoms with E-state index in [9.17, 15) is 0 Å². The van der Waals surface area contributed by atoms with Crippen LogP contribution in [0.5, 0.6) is 0 Å². The number of nitrogens with zero attached hydrogens (tertiary/aromatic N) is 3. The molecule has 4 N–H and O–H groups in total. The predicted octanol–water partition coefficient (Wildman–Crippen LogP) is 1.66. The molecule has 15 heavy (non-hydrogen) atoms. The van der Waals surface area contributed by atoms with Gasteiger partial charge in [-0.05, 0) is 18.2 Å². The van der Waals surface area contributed by atoms with Crippen molar-refractivity contribution in [3.8, 4) is 11.4 Å². The van der Waals surface area contributed by atoms with Crippen molar-refractivity contribution < 1.29 is 0 Å². The smallest absolute Gasteiger partial charge is 0.241 e. The number of rotatable bonds is 1. The highest BCUT2D eigenvalue weighted by Gasteiger charge is 2.12. The van der Waals surface area contributed by atoms with Gasteiger partial charge < -0.3 is 11.6 Å². The van der Waals surface area contributed by atoms with E-state index in [1.54, 1.807) is 12.1 Å². The van der Waals surface area contributed by atoms with Gasteiger partial charge in [0, 0.05) is 15.1 Å². The summed E-state index contributed by atoms with van der Waals surface area (Å²) in [4.78, 5) is 0. The number of anilines is 1. The van der Waals surface area contributed by atoms with E-state index in [4.69, 9.17) is 23.2 Å². The minimum atomic E-state index is 0.150. The van der Waals surface area contributed by atoms with Crippen LogP contribution in [0, 0.1) is 0 Å². The van der Waals surface area contributed by atoms with Gasteiger partial charge in [-0.3, -0.25) is 0 Å². The van der Waals surface area contributed by atoms with Crippen LogP contribution in [-0.4, -0.2) is 14.9 Å². The molecule has 2 rings (SSSR count). The first-order chi connectivity index (χ1) is 7.09. The molecule has 0 radical (unpaired) electrons. The van der Waals surface area contributed by atoms with Gasteiger partial charge in [-0.15, -0.1) is 10.2 Å². The Bertz CT molecular complexity index is 510. The van der Waals surface area contributed by atoms with Gasteiger partial charge in [0.25, 0.3) is 0 Å². The molecule has 5 nitrogen and oxygen atoms in total. The molecule has 0 fully saturated rings. The number of nitrogen functional groups attached to an aromatic ring is 2. The Morgan fingerprint density at radius 1 is 1.33 bits per heavy atom. The normalized spacial score (nSPS) is 10.5. The summed E-state index contributed by atoms with van der Waals surface area (Å²) in [6.07, 6.45) is 0. The molecule has 0 atom stereocenters. The molecule has 0 saturated carbocycles. The highest BCUT2D eigenvalue weighted by atomic mass is 79.9. The molecule has 0 amide bonds. The summed E-state index contributed by atoms with van der Waals surface area (Å²) in [6.45, 7) is 0. The van der Waals surface area contributed by atoms with Crippen molar-refractivity contribution in [3.05, 3.63) is 27.7 Å². The van der Waals surface area contributed by atoms with Gasteiger partial charge in [-0.2, -0.15) is 0 Å². The summed E-state index contributed by atoms with van der Waals surface area (Å²) < 4.78 is 2.03. The fourth-order valence-corrected chi connectivity index (χ4v) is 1.75. The van der Waals surface area contributed by atoms with Crippen molar-refractivity contribution in [1.29, 1.82) is 0 Å². The first-order valence-electron chi connectivity index (χ1n) is 4.01. The van der Waals surface area contributed by atoms with Crippen molar-refractivity contribution in [2.24, 2.45) is 0 Å². The van der Waals surface area contributed by atoms with Gasteiger partial charge in [-0.25, -0.2) is 4.68 Å². The molecule has 0 unspecified atom stereocenters. The van der Waals surface area contributed by atoms with Gasteiger partial charge in [0.15, 0.2) is 5.82 Å². The van der Waals surface area contributed by atoms with Gasteiger partial charge in [0.1, 0.15) is 0 Å². The van der Waals surface area contributed by atoms with E-state index < -0.39 is 0 Å². The quantitative estimate of drug-likeness (QED) is 0.782. The van der Waals surface area contributed by atoms with Crippen molar-refractivity contribution in [3.63, 3.8) is 0 Å². The number of benzene rings is 1. The van der Waals surface area contributed by atoms with E-state index in [0.29, 0.717) is 10.8 Å². The molecule has 1 aromatic carbocycles. The lowest BCUT2D eigenvalue weighted by Gasteiger charge is -2.04. The van der Waals surface area contributed by atoms with Crippen molar-refractivity contribution in [2.75, 3.05) is 11.6 Å². The third kappa shape index (κ3) is 1.78. The van der Waals surface area contributed by atoms with Gasteiger partial charge in [0.05, 0.1) is 0 Å². The maximum atomic E-state index is 5.88. The Morgan fingerprint density at radius 3 is 2.67 bits per heavy atom. The SMILES string of the molecule is Nc1nnc(-c2cc(Cl)ccc2Br)n1N. The van der Waals surface area contributed by atoms with Crippen LogP contribution in [0.2, 0.25) is 5.02 Å². The molecule has 0 spiro atoms. The molecule has 1 aromatic heterocycles. The van der Waals surface area contributed by atoms with Crippen LogP contribution in [0.3, 0.4) is 0 Å². The molecule has 0 aliphatic carbocycles. The zero-order valence-electron chi connectivity index (χ0n) is 7.48. The summed E-state index contributed by atoms with van der Waals surface area (Å²) in [7, 11) is 0. The fraction of sp³-hybridized carbons (Fsp3) is 0. The molecule has 1 heterocycles. The van der Waals surface area contributed by atoms with Crippen molar-refractivity contribution in [2.45, 2.75) is 0 Å². The molecule has 0 aliphatic heterocycles. The summed E-state index contributed by atoms with van der Waals surface area (Å²) in [6, 6.07) is 5.30. The second kappa shape index (κ2) is 3.71. The Balaban J connectivity index is 2.63. The lowest BCUT2D eigenvalue weighted by Crippen LogP contribution is -2.13. The molecule has 78 valence electrons. The van der Waals surface area contributed by atoms with Crippen molar-refractivity contribution in [1.82, 2.24) is 14.9 Å².